The summed E-state index contributed by atoms with van der Waals surface area (Å²) >= 11 is 6.11. The molecule has 0 radical (unpaired) electrons. The quantitative estimate of drug-likeness (QED) is 0.876. The van der Waals surface area contributed by atoms with Gasteiger partial charge in [-0.1, -0.05) is 17.7 Å². The maximum Gasteiger partial charge on any atom is 0.124 e. The lowest BCUT2D eigenvalue weighted by atomic mass is 10.1. The van der Waals surface area contributed by atoms with E-state index in [1.165, 1.54) is 12.1 Å². The van der Waals surface area contributed by atoms with Crippen molar-refractivity contribution in [1.29, 1.82) is 0 Å². The van der Waals surface area contributed by atoms with Crippen molar-refractivity contribution in [2.24, 2.45) is 0 Å². The molecular formula is C15H22ClFN2O. The smallest absolute Gasteiger partial charge is 0.124 e. The topological polar surface area (TPSA) is 35.5 Å². The molecule has 0 aromatic heterocycles. The minimum absolute atomic E-state index is 0.324. The van der Waals surface area contributed by atoms with Crippen LogP contribution in [0.15, 0.2) is 18.2 Å². The Balaban J connectivity index is 2.13. The molecule has 0 amide bonds. The predicted octanol–water partition coefficient (Wildman–Crippen LogP) is 2.41. The highest BCUT2D eigenvalue weighted by Crippen LogP contribution is 2.22. The second-order valence-corrected chi connectivity index (χ2v) is 6.51. The number of rotatable bonds is 5. The van der Waals surface area contributed by atoms with E-state index in [4.69, 9.17) is 11.6 Å². The standard InChI is InChI=1S/C15H22ClFN2O/c1-15(2,20)10-19(13-5-6-18-8-13)9-11-3-4-12(17)7-14(11)16/h3-4,7,13,18,20H,5-6,8-10H2,1-2H3/t13-/m0/s1. The van der Waals surface area contributed by atoms with Gasteiger partial charge in [-0.15, -0.1) is 0 Å². The minimum atomic E-state index is -0.769. The number of halogens is 2. The molecule has 1 atom stereocenters. The monoisotopic (exact) mass is 300 g/mol. The first-order chi connectivity index (χ1) is 9.35. The average molecular weight is 301 g/mol. The Hall–Kier alpha value is -0.680. The number of nitrogens with zero attached hydrogens (tertiary/aromatic N) is 1. The molecule has 0 unspecified atom stereocenters. The zero-order chi connectivity index (χ0) is 14.8. The van der Waals surface area contributed by atoms with Crippen molar-refractivity contribution < 1.29 is 9.50 Å². The van der Waals surface area contributed by atoms with E-state index in [1.807, 2.05) is 0 Å². The van der Waals surface area contributed by atoms with Gasteiger partial charge < -0.3 is 10.4 Å². The molecule has 112 valence electrons. The van der Waals surface area contributed by atoms with Crippen molar-refractivity contribution in [2.45, 2.75) is 38.5 Å². The molecule has 1 aromatic rings. The third-order valence-corrected chi connectivity index (χ3v) is 3.88. The van der Waals surface area contributed by atoms with Crippen LogP contribution in [0.2, 0.25) is 5.02 Å². The second kappa shape index (κ2) is 6.39. The van der Waals surface area contributed by atoms with Gasteiger partial charge >= 0.3 is 0 Å². The lowest BCUT2D eigenvalue weighted by molar-refractivity contribution is 0.0200. The zero-order valence-electron chi connectivity index (χ0n) is 12.0. The lowest BCUT2D eigenvalue weighted by Gasteiger charge is -2.33. The molecule has 1 fully saturated rings. The summed E-state index contributed by atoms with van der Waals surface area (Å²) in [4.78, 5) is 2.22. The van der Waals surface area contributed by atoms with Gasteiger partial charge in [0, 0.05) is 30.7 Å². The van der Waals surface area contributed by atoms with Crippen molar-refractivity contribution in [3.8, 4) is 0 Å². The zero-order valence-corrected chi connectivity index (χ0v) is 12.8. The fourth-order valence-corrected chi connectivity index (χ4v) is 2.86. The van der Waals surface area contributed by atoms with E-state index < -0.39 is 5.60 Å². The Morgan fingerprint density at radius 3 is 2.80 bits per heavy atom. The van der Waals surface area contributed by atoms with Gasteiger partial charge in [0.1, 0.15) is 5.82 Å². The highest BCUT2D eigenvalue weighted by atomic mass is 35.5. The van der Waals surface area contributed by atoms with Gasteiger partial charge in [0.2, 0.25) is 0 Å². The maximum absolute atomic E-state index is 13.1. The van der Waals surface area contributed by atoms with E-state index in [2.05, 4.69) is 10.2 Å². The number of nitrogens with one attached hydrogen (secondary N) is 1. The van der Waals surface area contributed by atoms with Crippen LogP contribution in [0.5, 0.6) is 0 Å². The molecule has 3 nitrogen and oxygen atoms in total. The van der Waals surface area contributed by atoms with Gasteiger partial charge in [-0.05, 0) is 44.5 Å². The number of hydrogen-bond donors (Lipinski definition) is 2. The number of hydrogen-bond acceptors (Lipinski definition) is 3. The van der Waals surface area contributed by atoms with Crippen LogP contribution in [-0.4, -0.2) is 41.3 Å². The van der Waals surface area contributed by atoms with Gasteiger partial charge in [0.05, 0.1) is 5.60 Å². The summed E-state index contributed by atoms with van der Waals surface area (Å²) < 4.78 is 13.1. The van der Waals surface area contributed by atoms with Crippen molar-refractivity contribution >= 4 is 11.6 Å². The highest BCUT2D eigenvalue weighted by molar-refractivity contribution is 6.31. The SMILES string of the molecule is CC(C)(O)CN(Cc1ccc(F)cc1Cl)[C@H]1CCNC1. The van der Waals surface area contributed by atoms with Gasteiger partial charge in [-0.25, -0.2) is 4.39 Å². The summed E-state index contributed by atoms with van der Waals surface area (Å²) in [6.07, 6.45) is 1.05. The van der Waals surface area contributed by atoms with Crippen LogP contribution < -0.4 is 5.32 Å². The third-order valence-electron chi connectivity index (χ3n) is 3.53. The Morgan fingerprint density at radius 2 is 2.25 bits per heavy atom. The molecule has 2 N–H and O–H groups in total. The van der Waals surface area contributed by atoms with E-state index in [9.17, 15) is 9.50 Å². The summed E-state index contributed by atoms with van der Waals surface area (Å²) in [7, 11) is 0. The van der Waals surface area contributed by atoms with Crippen LogP contribution in [0.25, 0.3) is 0 Å². The molecule has 1 heterocycles. The van der Waals surface area contributed by atoms with Crippen molar-refractivity contribution in [3.05, 3.63) is 34.6 Å². The highest BCUT2D eigenvalue weighted by Gasteiger charge is 2.27. The lowest BCUT2D eigenvalue weighted by Crippen LogP contribution is -2.45. The molecular weight excluding hydrogens is 279 g/mol. The first-order valence-electron chi connectivity index (χ1n) is 6.96. The van der Waals surface area contributed by atoms with Gasteiger partial charge in [0.25, 0.3) is 0 Å². The maximum atomic E-state index is 13.1. The Labute approximate surface area is 124 Å². The summed E-state index contributed by atoms with van der Waals surface area (Å²) in [6.45, 7) is 6.69. The van der Waals surface area contributed by atoms with E-state index in [0.29, 0.717) is 24.2 Å². The molecule has 0 bridgehead atoms. The van der Waals surface area contributed by atoms with Crippen molar-refractivity contribution in [1.82, 2.24) is 10.2 Å². The minimum Gasteiger partial charge on any atom is -0.389 e. The number of aliphatic hydroxyl groups is 1. The summed E-state index contributed by atoms with van der Waals surface area (Å²) in [5.74, 6) is -0.324. The average Bonchev–Trinajstić information content (AvgIpc) is 2.83. The molecule has 20 heavy (non-hydrogen) atoms. The molecule has 1 aromatic carbocycles. The summed E-state index contributed by atoms with van der Waals surface area (Å²) in [6, 6.07) is 4.86. The fraction of sp³-hybridized carbons (Fsp3) is 0.600. The molecule has 1 aliphatic heterocycles. The normalized spacial score (nSPS) is 19.8. The van der Waals surface area contributed by atoms with Crippen LogP contribution in [0, 0.1) is 5.82 Å². The van der Waals surface area contributed by atoms with Gasteiger partial charge in [-0.3, -0.25) is 4.90 Å². The van der Waals surface area contributed by atoms with Gasteiger partial charge in [0.15, 0.2) is 0 Å². The fourth-order valence-electron chi connectivity index (χ4n) is 2.63. The predicted molar refractivity (Wildman–Crippen MR) is 79.4 cm³/mol. The molecule has 2 rings (SSSR count). The molecule has 0 spiro atoms. The van der Waals surface area contributed by atoms with Crippen LogP contribution in [0.3, 0.4) is 0 Å². The molecule has 0 saturated carbocycles. The van der Waals surface area contributed by atoms with Gasteiger partial charge in [-0.2, -0.15) is 0 Å². The van der Waals surface area contributed by atoms with Crippen LogP contribution in [0.1, 0.15) is 25.8 Å². The van der Waals surface area contributed by atoms with E-state index in [-0.39, 0.29) is 5.82 Å². The third kappa shape index (κ3) is 4.42. The second-order valence-electron chi connectivity index (χ2n) is 6.10. The molecule has 0 aliphatic carbocycles. The van der Waals surface area contributed by atoms with E-state index >= 15 is 0 Å². The van der Waals surface area contributed by atoms with Crippen molar-refractivity contribution in [3.63, 3.8) is 0 Å². The Morgan fingerprint density at radius 1 is 1.50 bits per heavy atom. The largest absolute Gasteiger partial charge is 0.389 e. The molecule has 1 saturated heterocycles. The van der Waals surface area contributed by atoms with Crippen molar-refractivity contribution in [2.75, 3.05) is 19.6 Å². The van der Waals surface area contributed by atoms with E-state index in [0.717, 1.165) is 25.1 Å². The van der Waals surface area contributed by atoms with E-state index in [1.54, 1.807) is 19.9 Å². The molecule has 1 aliphatic rings. The molecule has 5 heteroatoms. The van der Waals surface area contributed by atoms with Crippen LogP contribution >= 0.6 is 11.6 Å². The van der Waals surface area contributed by atoms with Crippen LogP contribution in [0.4, 0.5) is 4.39 Å². The summed E-state index contributed by atoms with van der Waals surface area (Å²) in [5, 5.41) is 13.9. The summed E-state index contributed by atoms with van der Waals surface area (Å²) in [5.41, 5.74) is 0.124. The van der Waals surface area contributed by atoms with Crippen LogP contribution in [-0.2, 0) is 6.54 Å². The number of benzene rings is 1. The first kappa shape index (κ1) is 15.7. The Bertz CT molecular complexity index is 456. The Kier molecular flexibility index (Phi) is 5.02. The first-order valence-corrected chi connectivity index (χ1v) is 7.34.